The number of carbonyl (C=O) groups excluding carboxylic acids is 2. The zero-order valence-electron chi connectivity index (χ0n) is 18.5. The van der Waals surface area contributed by atoms with Gasteiger partial charge in [-0.25, -0.2) is 4.39 Å². The first kappa shape index (κ1) is 26.5. The van der Waals surface area contributed by atoms with Crippen molar-refractivity contribution in [2.45, 2.75) is 41.2 Å². The van der Waals surface area contributed by atoms with Crippen molar-refractivity contribution in [1.29, 1.82) is 0 Å². The average Bonchev–Trinajstić information content (AvgIpc) is 3.20. The van der Waals surface area contributed by atoms with E-state index in [1.54, 1.807) is 0 Å². The maximum absolute atomic E-state index is 14.2. The summed E-state index contributed by atoms with van der Waals surface area (Å²) < 4.78 is 94.3. The number of fused-ring (bicyclic) bond motifs is 1. The van der Waals surface area contributed by atoms with E-state index < -0.39 is 41.8 Å². The standard InChI is InChI=1S/C25H16F7NO3S/c26-18-3-1-2-4-20(18)37-21-12-15(36-25(30,31)32)7-9-17(21)22(34)14-5-8-16-13(11-14)6-10-19(16)33-23(35)24(27,28)29/h1-5,7-9,11-12,19H,6,10H2,(H,33,35). The van der Waals surface area contributed by atoms with E-state index >= 15 is 0 Å². The molecule has 1 atom stereocenters. The van der Waals surface area contributed by atoms with Crippen molar-refractivity contribution in [2.75, 3.05) is 0 Å². The highest BCUT2D eigenvalue weighted by molar-refractivity contribution is 7.99. The van der Waals surface area contributed by atoms with Crippen LogP contribution in [0, 0.1) is 5.82 Å². The van der Waals surface area contributed by atoms with Crippen LogP contribution in [-0.2, 0) is 11.2 Å². The molecule has 0 heterocycles. The molecule has 0 radical (unpaired) electrons. The number of ketones is 1. The van der Waals surface area contributed by atoms with Crippen LogP contribution in [-0.4, -0.2) is 24.2 Å². The predicted octanol–water partition coefficient (Wildman–Crippen LogP) is 6.77. The summed E-state index contributed by atoms with van der Waals surface area (Å²) >= 11 is 0.742. The van der Waals surface area contributed by atoms with E-state index in [1.165, 1.54) is 36.4 Å². The number of halogens is 7. The third-order valence-electron chi connectivity index (χ3n) is 5.53. The van der Waals surface area contributed by atoms with Gasteiger partial charge in [0.25, 0.3) is 0 Å². The summed E-state index contributed by atoms with van der Waals surface area (Å²) in [6.07, 6.45) is -9.52. The first-order valence-corrected chi connectivity index (χ1v) is 11.5. The second-order valence-corrected chi connectivity index (χ2v) is 9.13. The zero-order valence-corrected chi connectivity index (χ0v) is 19.4. The number of rotatable bonds is 6. The van der Waals surface area contributed by atoms with Gasteiger partial charge >= 0.3 is 18.4 Å². The van der Waals surface area contributed by atoms with E-state index in [0.717, 1.165) is 36.0 Å². The number of hydrogen-bond donors (Lipinski definition) is 1. The normalized spacial score (nSPS) is 15.3. The molecular formula is C25H16F7NO3S. The lowest BCUT2D eigenvalue weighted by molar-refractivity contribution is -0.274. The monoisotopic (exact) mass is 543 g/mol. The Kier molecular flexibility index (Phi) is 7.22. The molecule has 0 bridgehead atoms. The number of amides is 1. The summed E-state index contributed by atoms with van der Waals surface area (Å²) in [4.78, 5) is 24.7. The molecular weight excluding hydrogens is 527 g/mol. The van der Waals surface area contributed by atoms with Gasteiger partial charge in [0.2, 0.25) is 0 Å². The van der Waals surface area contributed by atoms with Gasteiger partial charge in [-0.1, -0.05) is 36.0 Å². The van der Waals surface area contributed by atoms with Crippen molar-refractivity contribution < 1.29 is 45.1 Å². The highest BCUT2D eigenvalue weighted by atomic mass is 32.2. The molecule has 0 aliphatic heterocycles. The van der Waals surface area contributed by atoms with Gasteiger partial charge in [-0.3, -0.25) is 9.59 Å². The van der Waals surface area contributed by atoms with Gasteiger partial charge in [-0.2, -0.15) is 13.2 Å². The molecule has 0 saturated carbocycles. The summed E-state index contributed by atoms with van der Waals surface area (Å²) in [6.45, 7) is 0. The van der Waals surface area contributed by atoms with Crippen LogP contribution in [0.4, 0.5) is 30.7 Å². The number of aryl methyl sites for hydroxylation is 1. The van der Waals surface area contributed by atoms with Crippen LogP contribution in [0.2, 0.25) is 0 Å². The Morgan fingerprint density at radius 1 is 0.919 bits per heavy atom. The molecule has 1 amide bonds. The minimum absolute atomic E-state index is 0.00710. The molecule has 37 heavy (non-hydrogen) atoms. The van der Waals surface area contributed by atoms with Gasteiger partial charge in [-0.15, -0.1) is 13.2 Å². The number of carbonyl (C=O) groups is 2. The Hall–Kier alpha value is -3.54. The third kappa shape index (κ3) is 6.24. The highest BCUT2D eigenvalue weighted by Gasteiger charge is 2.41. The van der Waals surface area contributed by atoms with Crippen LogP contribution in [0.1, 0.15) is 39.5 Å². The van der Waals surface area contributed by atoms with Crippen molar-refractivity contribution >= 4 is 23.5 Å². The maximum Gasteiger partial charge on any atom is 0.573 e. The lowest BCUT2D eigenvalue weighted by Crippen LogP contribution is -2.38. The van der Waals surface area contributed by atoms with Crippen molar-refractivity contribution in [1.82, 2.24) is 5.32 Å². The minimum atomic E-state index is -5.03. The second-order valence-electron chi connectivity index (χ2n) is 8.04. The molecule has 1 aliphatic carbocycles. The maximum atomic E-state index is 14.2. The van der Waals surface area contributed by atoms with Gasteiger partial charge in [-0.05, 0) is 60.4 Å². The fourth-order valence-corrected chi connectivity index (χ4v) is 4.92. The molecule has 194 valence electrons. The van der Waals surface area contributed by atoms with E-state index in [9.17, 15) is 40.3 Å². The van der Waals surface area contributed by atoms with Crippen LogP contribution in [0.3, 0.4) is 0 Å². The summed E-state index contributed by atoms with van der Waals surface area (Å²) in [5.41, 5.74) is 1.09. The fraction of sp³-hybridized carbons (Fsp3) is 0.200. The molecule has 4 rings (SSSR count). The number of ether oxygens (including phenoxy) is 1. The number of benzene rings is 3. The Balaban J connectivity index is 1.65. The number of alkyl halides is 6. The van der Waals surface area contributed by atoms with Crippen molar-refractivity contribution in [3.8, 4) is 5.75 Å². The first-order valence-electron chi connectivity index (χ1n) is 10.7. The van der Waals surface area contributed by atoms with Crippen LogP contribution in [0.5, 0.6) is 5.75 Å². The molecule has 0 aromatic heterocycles. The minimum Gasteiger partial charge on any atom is -0.406 e. The van der Waals surface area contributed by atoms with E-state index in [0.29, 0.717) is 17.5 Å². The molecule has 0 saturated heterocycles. The van der Waals surface area contributed by atoms with Crippen LogP contribution in [0.25, 0.3) is 0 Å². The van der Waals surface area contributed by atoms with Gasteiger partial charge in [0, 0.05) is 20.9 Å². The van der Waals surface area contributed by atoms with Crippen molar-refractivity contribution in [3.63, 3.8) is 0 Å². The molecule has 0 spiro atoms. The van der Waals surface area contributed by atoms with Crippen LogP contribution < -0.4 is 10.1 Å². The largest absolute Gasteiger partial charge is 0.573 e. The third-order valence-corrected chi connectivity index (χ3v) is 6.64. The van der Waals surface area contributed by atoms with Gasteiger partial charge in [0.1, 0.15) is 11.6 Å². The Labute approximate surface area is 209 Å². The van der Waals surface area contributed by atoms with Crippen LogP contribution >= 0.6 is 11.8 Å². The van der Waals surface area contributed by atoms with Gasteiger partial charge in [0.05, 0.1) is 6.04 Å². The number of hydrogen-bond acceptors (Lipinski definition) is 4. The lowest BCUT2D eigenvalue weighted by Gasteiger charge is -2.16. The Morgan fingerprint density at radius 3 is 2.32 bits per heavy atom. The van der Waals surface area contributed by atoms with E-state index in [2.05, 4.69) is 4.74 Å². The topological polar surface area (TPSA) is 55.4 Å². The zero-order chi connectivity index (χ0) is 27.0. The molecule has 12 heteroatoms. The van der Waals surface area contributed by atoms with E-state index in [-0.39, 0.29) is 27.3 Å². The fourth-order valence-electron chi connectivity index (χ4n) is 3.92. The molecule has 1 aliphatic rings. The highest BCUT2D eigenvalue weighted by Crippen LogP contribution is 2.38. The van der Waals surface area contributed by atoms with Crippen molar-refractivity contribution in [2.24, 2.45) is 0 Å². The Bertz CT molecular complexity index is 1350. The second kappa shape index (κ2) is 10.1. The number of nitrogens with one attached hydrogen (secondary N) is 1. The first-order chi connectivity index (χ1) is 17.3. The molecule has 1 unspecified atom stereocenters. The van der Waals surface area contributed by atoms with E-state index in [4.69, 9.17) is 0 Å². The predicted molar refractivity (Wildman–Crippen MR) is 119 cm³/mol. The smallest absolute Gasteiger partial charge is 0.406 e. The van der Waals surface area contributed by atoms with Crippen LogP contribution in [0.15, 0.2) is 70.5 Å². The molecule has 4 nitrogen and oxygen atoms in total. The molecule has 1 N–H and O–H groups in total. The van der Waals surface area contributed by atoms with Gasteiger partial charge in [0.15, 0.2) is 5.78 Å². The SMILES string of the molecule is O=C(c1ccc2c(c1)CCC2NC(=O)C(F)(F)F)c1ccc(OC(F)(F)F)cc1Sc1ccccc1F. The summed E-state index contributed by atoms with van der Waals surface area (Å²) in [6, 6.07) is 12.0. The Morgan fingerprint density at radius 2 is 1.65 bits per heavy atom. The van der Waals surface area contributed by atoms with E-state index in [1.807, 2.05) is 5.32 Å². The lowest BCUT2D eigenvalue weighted by atomic mass is 9.98. The molecule has 3 aromatic carbocycles. The summed E-state index contributed by atoms with van der Waals surface area (Å²) in [5.74, 6) is -3.90. The van der Waals surface area contributed by atoms with Gasteiger partial charge < -0.3 is 10.1 Å². The van der Waals surface area contributed by atoms with Crippen molar-refractivity contribution in [3.05, 3.63) is 88.7 Å². The summed E-state index contributed by atoms with van der Waals surface area (Å²) in [5, 5.41) is 1.93. The molecule has 3 aromatic rings. The average molecular weight is 543 g/mol. The summed E-state index contributed by atoms with van der Waals surface area (Å²) in [7, 11) is 0. The molecule has 0 fully saturated rings. The quantitative estimate of drug-likeness (QED) is 0.275.